The van der Waals surface area contributed by atoms with Gasteiger partial charge in [-0.1, -0.05) is 12.1 Å². The van der Waals surface area contributed by atoms with Crippen molar-refractivity contribution in [2.45, 2.75) is 32.5 Å². The fourth-order valence-corrected chi connectivity index (χ4v) is 5.03. The molecule has 1 aromatic carbocycles. The first-order valence-electron chi connectivity index (χ1n) is 12.1. The lowest BCUT2D eigenvalue weighted by atomic mass is 10.0. The van der Waals surface area contributed by atoms with E-state index in [4.69, 9.17) is 0 Å². The Balaban J connectivity index is 1.46. The topological polar surface area (TPSA) is 78.0 Å². The molecule has 37 heavy (non-hydrogen) atoms. The number of pyridine rings is 3. The summed E-state index contributed by atoms with van der Waals surface area (Å²) in [5.74, 6) is -0.898. The number of fused-ring (bicyclic) bond motifs is 1. The number of hydrogen-bond donors (Lipinski definition) is 0. The lowest BCUT2D eigenvalue weighted by Gasteiger charge is -2.45. The van der Waals surface area contributed by atoms with E-state index in [0.29, 0.717) is 42.0 Å². The Morgan fingerprint density at radius 2 is 1.76 bits per heavy atom. The van der Waals surface area contributed by atoms with Crippen molar-refractivity contribution in [3.63, 3.8) is 0 Å². The molecular weight excluding hydrogens is 474 g/mol. The Morgan fingerprint density at radius 1 is 1.00 bits per heavy atom. The summed E-state index contributed by atoms with van der Waals surface area (Å²) in [6, 6.07) is 16.2. The molecule has 0 spiro atoms. The van der Waals surface area contributed by atoms with Crippen molar-refractivity contribution in [3.05, 3.63) is 88.1 Å². The van der Waals surface area contributed by atoms with E-state index in [9.17, 15) is 18.8 Å². The van der Waals surface area contributed by atoms with Gasteiger partial charge in [-0.15, -0.1) is 0 Å². The smallest absolute Gasteiger partial charge is 0.252 e. The van der Waals surface area contributed by atoms with Gasteiger partial charge in [0.1, 0.15) is 23.1 Å². The summed E-state index contributed by atoms with van der Waals surface area (Å²) in [6.45, 7) is 5.79. The molecule has 9 heteroatoms. The third-order valence-corrected chi connectivity index (χ3v) is 7.06. The van der Waals surface area contributed by atoms with Crippen LogP contribution in [0, 0.1) is 23.1 Å². The van der Waals surface area contributed by atoms with E-state index in [1.807, 2.05) is 0 Å². The molecule has 1 fully saturated rings. The fraction of sp³-hybridized carbons (Fsp3) is 0.286. The summed E-state index contributed by atoms with van der Waals surface area (Å²) in [5, 5.41) is 9.38. The number of nitriles is 1. The highest BCUT2D eigenvalue weighted by Crippen LogP contribution is 2.31. The standard InChI is InChI=1S/C28H26F2N6O/c1-17-15-36(25-12-27(37)34(3)24-10-8-21(13-31)32-28(24)25)18(2)14-35(17)16-23-22(9-11-26(30)33-23)19-4-6-20(29)7-5-19/h4-12,17-18H,14-16H2,1-3H3/t17-,18+/m1/s1. The largest absolute Gasteiger partial charge is 0.364 e. The number of piperazine rings is 1. The highest BCUT2D eigenvalue weighted by atomic mass is 19.1. The van der Waals surface area contributed by atoms with E-state index in [1.165, 1.54) is 22.8 Å². The van der Waals surface area contributed by atoms with Gasteiger partial charge in [0.15, 0.2) is 0 Å². The van der Waals surface area contributed by atoms with Crippen LogP contribution in [-0.2, 0) is 13.6 Å². The minimum Gasteiger partial charge on any atom is -0.364 e. The first-order valence-corrected chi connectivity index (χ1v) is 12.1. The lowest BCUT2D eigenvalue weighted by Crippen LogP contribution is -2.56. The van der Waals surface area contributed by atoms with E-state index in [0.717, 1.165) is 11.1 Å². The quantitative estimate of drug-likeness (QED) is 0.390. The minimum absolute atomic E-state index is 0.00174. The highest BCUT2D eigenvalue weighted by Gasteiger charge is 2.31. The molecule has 3 aromatic heterocycles. The van der Waals surface area contributed by atoms with Gasteiger partial charge in [0.25, 0.3) is 5.56 Å². The molecule has 0 unspecified atom stereocenters. The van der Waals surface area contributed by atoms with Crippen molar-refractivity contribution in [2.75, 3.05) is 18.0 Å². The molecule has 2 atom stereocenters. The maximum absolute atomic E-state index is 14.2. The Labute approximate surface area is 213 Å². The average Bonchev–Trinajstić information content (AvgIpc) is 2.89. The van der Waals surface area contributed by atoms with Crippen LogP contribution in [-0.4, -0.2) is 44.6 Å². The van der Waals surface area contributed by atoms with Crippen molar-refractivity contribution in [3.8, 4) is 17.2 Å². The molecule has 0 amide bonds. The Kier molecular flexibility index (Phi) is 6.44. The van der Waals surface area contributed by atoms with Crippen LogP contribution < -0.4 is 10.5 Å². The van der Waals surface area contributed by atoms with Crippen LogP contribution in [0.3, 0.4) is 0 Å². The van der Waals surface area contributed by atoms with E-state index in [2.05, 4.69) is 39.7 Å². The molecule has 188 valence electrons. The molecule has 4 heterocycles. The van der Waals surface area contributed by atoms with Gasteiger partial charge in [-0.2, -0.15) is 9.65 Å². The number of halogens is 2. The molecule has 0 N–H and O–H groups in total. The Morgan fingerprint density at radius 3 is 2.49 bits per heavy atom. The zero-order valence-corrected chi connectivity index (χ0v) is 20.8. The molecule has 1 aliphatic heterocycles. The summed E-state index contributed by atoms with van der Waals surface area (Å²) in [6.07, 6.45) is 0. The van der Waals surface area contributed by atoms with Crippen molar-refractivity contribution in [1.82, 2.24) is 19.4 Å². The van der Waals surface area contributed by atoms with Crippen LogP contribution in [0.25, 0.3) is 22.2 Å². The summed E-state index contributed by atoms with van der Waals surface area (Å²) in [5.41, 5.74) is 4.23. The maximum atomic E-state index is 14.2. The van der Waals surface area contributed by atoms with Gasteiger partial charge in [-0.05, 0) is 55.8 Å². The molecule has 0 aliphatic carbocycles. The second kappa shape index (κ2) is 9.71. The van der Waals surface area contributed by atoms with Crippen LogP contribution in [0.15, 0.2) is 59.4 Å². The number of nitrogens with zero attached hydrogens (tertiary/aromatic N) is 6. The van der Waals surface area contributed by atoms with Crippen molar-refractivity contribution in [1.29, 1.82) is 5.26 Å². The van der Waals surface area contributed by atoms with Gasteiger partial charge < -0.3 is 9.47 Å². The van der Waals surface area contributed by atoms with E-state index < -0.39 is 5.95 Å². The first-order chi connectivity index (χ1) is 17.7. The predicted molar refractivity (Wildman–Crippen MR) is 138 cm³/mol. The van der Waals surface area contributed by atoms with Crippen LogP contribution >= 0.6 is 0 Å². The van der Waals surface area contributed by atoms with Crippen molar-refractivity contribution in [2.24, 2.45) is 7.05 Å². The fourth-order valence-electron chi connectivity index (χ4n) is 5.03. The molecule has 1 aliphatic rings. The molecule has 1 saturated heterocycles. The number of anilines is 1. The lowest BCUT2D eigenvalue weighted by molar-refractivity contribution is 0.156. The molecule has 0 bridgehead atoms. The number of rotatable bonds is 4. The van der Waals surface area contributed by atoms with Gasteiger partial charge in [0, 0.05) is 50.4 Å². The molecular formula is C28H26F2N6O. The van der Waals surface area contributed by atoms with E-state index >= 15 is 0 Å². The average molecular weight is 501 g/mol. The minimum atomic E-state index is -0.564. The van der Waals surface area contributed by atoms with Crippen LogP contribution in [0.1, 0.15) is 25.2 Å². The van der Waals surface area contributed by atoms with Gasteiger partial charge >= 0.3 is 0 Å². The third kappa shape index (κ3) is 4.68. The number of aryl methyl sites for hydroxylation is 1. The van der Waals surface area contributed by atoms with Gasteiger partial charge in [0.05, 0.1) is 16.9 Å². The van der Waals surface area contributed by atoms with Gasteiger partial charge in [-0.3, -0.25) is 9.69 Å². The van der Waals surface area contributed by atoms with Crippen molar-refractivity contribution < 1.29 is 8.78 Å². The summed E-state index contributed by atoms with van der Waals surface area (Å²) in [7, 11) is 1.69. The first kappa shape index (κ1) is 24.5. The molecule has 7 nitrogen and oxygen atoms in total. The Hall–Kier alpha value is -4.16. The second-order valence-electron chi connectivity index (χ2n) is 9.52. The zero-order valence-electron chi connectivity index (χ0n) is 20.8. The van der Waals surface area contributed by atoms with Gasteiger partial charge in [0.2, 0.25) is 5.95 Å². The van der Waals surface area contributed by atoms with Crippen molar-refractivity contribution >= 4 is 16.7 Å². The molecule has 0 radical (unpaired) electrons. The molecule has 0 saturated carbocycles. The number of aromatic nitrogens is 3. The number of benzene rings is 1. The van der Waals surface area contributed by atoms with E-state index in [-0.39, 0.29) is 29.2 Å². The SMILES string of the molecule is C[C@@H]1CN(c2cc(=O)n(C)c3ccc(C#N)nc23)[C@@H](C)CN1Cc1nc(F)ccc1-c1ccc(F)cc1. The monoisotopic (exact) mass is 500 g/mol. The van der Waals surface area contributed by atoms with Crippen LogP contribution in [0.5, 0.6) is 0 Å². The van der Waals surface area contributed by atoms with Gasteiger partial charge in [-0.25, -0.2) is 14.4 Å². The summed E-state index contributed by atoms with van der Waals surface area (Å²) >= 11 is 0. The molecule has 4 aromatic rings. The Bertz CT molecular complexity index is 1580. The third-order valence-electron chi connectivity index (χ3n) is 7.06. The highest BCUT2D eigenvalue weighted by molar-refractivity contribution is 5.89. The predicted octanol–water partition coefficient (Wildman–Crippen LogP) is 4.24. The number of hydrogen-bond acceptors (Lipinski definition) is 6. The zero-order chi connectivity index (χ0) is 26.3. The normalized spacial score (nSPS) is 18.2. The van der Waals surface area contributed by atoms with Crippen LogP contribution in [0.4, 0.5) is 14.5 Å². The van der Waals surface area contributed by atoms with Crippen LogP contribution in [0.2, 0.25) is 0 Å². The molecule has 5 rings (SSSR count). The van der Waals surface area contributed by atoms with E-state index in [1.54, 1.807) is 43.4 Å². The maximum Gasteiger partial charge on any atom is 0.252 e. The summed E-state index contributed by atoms with van der Waals surface area (Å²) in [4.78, 5) is 25.8. The summed E-state index contributed by atoms with van der Waals surface area (Å²) < 4.78 is 29.2. The second-order valence-corrected chi connectivity index (χ2v) is 9.52.